The van der Waals surface area contributed by atoms with Gasteiger partial charge in [-0.2, -0.15) is 0 Å². The van der Waals surface area contributed by atoms with E-state index in [0.29, 0.717) is 61.8 Å². The molecule has 7 rings (SSSR count). The number of alkyl halides is 1. The fourth-order valence-corrected chi connectivity index (χ4v) is 6.60. The Balaban J connectivity index is 1.31. The summed E-state index contributed by atoms with van der Waals surface area (Å²) in [6.45, 7) is 3.26. The van der Waals surface area contributed by atoms with Crippen LogP contribution < -0.4 is 0 Å². The molecule has 9 heteroatoms. The number of likely N-dealkylation sites (tertiary alicyclic amines) is 1. The number of hydrogen-bond donors (Lipinski definition) is 0. The molecule has 1 fully saturated rings. The molecule has 2 aliphatic heterocycles. The van der Waals surface area contributed by atoms with Crippen LogP contribution in [0.15, 0.2) is 48.9 Å². The maximum Gasteiger partial charge on any atom is 0.320 e. The predicted molar refractivity (Wildman–Crippen MR) is 144 cm³/mol. The average molecular weight is 530 g/mol. The van der Waals surface area contributed by atoms with Crippen molar-refractivity contribution in [1.29, 1.82) is 0 Å². The van der Waals surface area contributed by atoms with E-state index < -0.39 is 11.5 Å². The number of rotatable bonds is 2. The van der Waals surface area contributed by atoms with Crippen LogP contribution in [0.1, 0.15) is 49.4 Å². The number of aromatic nitrogens is 3. The molecule has 0 radical (unpaired) electrons. The number of ketones is 1. The van der Waals surface area contributed by atoms with Crippen LogP contribution in [0.4, 0.5) is 13.6 Å². The van der Waals surface area contributed by atoms with E-state index in [0.717, 1.165) is 28.0 Å². The molecule has 1 atom stereocenters. The molecule has 0 spiro atoms. The van der Waals surface area contributed by atoms with Gasteiger partial charge >= 0.3 is 6.03 Å². The molecule has 0 N–H and O–H groups in total. The minimum absolute atomic E-state index is 0.0361. The topological polar surface area (TPSA) is 62.9 Å². The van der Waals surface area contributed by atoms with Crippen molar-refractivity contribution in [2.75, 3.05) is 19.6 Å². The molecule has 0 saturated carbocycles. The van der Waals surface area contributed by atoms with Crippen LogP contribution in [0.2, 0.25) is 0 Å². The maximum absolute atomic E-state index is 15.1. The number of Topliss-reactive ketones (excluding diaryl/α,β-unsaturated/α-hetero) is 1. The van der Waals surface area contributed by atoms with Gasteiger partial charge in [0.2, 0.25) is 0 Å². The van der Waals surface area contributed by atoms with Gasteiger partial charge in [-0.15, -0.1) is 0 Å². The molecule has 1 aliphatic carbocycles. The zero-order chi connectivity index (χ0) is 26.9. The number of pyridine rings is 1. The summed E-state index contributed by atoms with van der Waals surface area (Å²) in [5, 5.41) is 0.671. The number of fused-ring (bicyclic) bond motifs is 1. The summed E-state index contributed by atoms with van der Waals surface area (Å²) in [4.78, 5) is 34.5. The summed E-state index contributed by atoms with van der Waals surface area (Å²) in [6.07, 6.45) is 7.72. The molecule has 7 nitrogen and oxygen atoms in total. The zero-order valence-corrected chi connectivity index (χ0v) is 21.8. The Kier molecular flexibility index (Phi) is 5.40. The van der Waals surface area contributed by atoms with Crippen LogP contribution >= 0.6 is 0 Å². The first kappa shape index (κ1) is 24.1. The van der Waals surface area contributed by atoms with Gasteiger partial charge in [0.15, 0.2) is 5.78 Å². The van der Waals surface area contributed by atoms with Crippen LogP contribution in [0.3, 0.4) is 0 Å². The number of allylic oxidation sites excluding steroid dienone is 2. The van der Waals surface area contributed by atoms with Crippen molar-refractivity contribution in [3.63, 3.8) is 0 Å². The number of nitrogens with zero attached hydrogens (tertiary/aromatic N) is 5. The third kappa shape index (κ3) is 3.94. The lowest BCUT2D eigenvalue weighted by atomic mass is 9.97. The summed E-state index contributed by atoms with van der Waals surface area (Å²) < 4.78 is 33.8. The number of hydrogen-bond acceptors (Lipinski definition) is 3. The van der Waals surface area contributed by atoms with Gasteiger partial charge in [-0.3, -0.25) is 9.20 Å². The van der Waals surface area contributed by atoms with Gasteiger partial charge in [0.05, 0.1) is 24.0 Å². The summed E-state index contributed by atoms with van der Waals surface area (Å²) in [7, 11) is 0. The van der Waals surface area contributed by atoms with E-state index in [4.69, 9.17) is 0 Å². The molecule has 1 unspecified atom stereocenters. The first-order valence-electron chi connectivity index (χ1n) is 13.5. The Morgan fingerprint density at radius 3 is 2.82 bits per heavy atom. The predicted octanol–water partition coefficient (Wildman–Crippen LogP) is 5.46. The Morgan fingerprint density at radius 2 is 1.97 bits per heavy atom. The Hall–Kier alpha value is -4.01. The number of imidazole rings is 1. The Morgan fingerprint density at radius 1 is 1.10 bits per heavy atom. The van der Waals surface area contributed by atoms with E-state index >= 15 is 4.39 Å². The van der Waals surface area contributed by atoms with Crippen LogP contribution in [-0.4, -0.2) is 60.9 Å². The number of amides is 2. The van der Waals surface area contributed by atoms with Crippen molar-refractivity contribution < 1.29 is 18.4 Å². The highest BCUT2D eigenvalue weighted by Crippen LogP contribution is 2.42. The van der Waals surface area contributed by atoms with Crippen LogP contribution in [0.5, 0.6) is 0 Å². The number of piperidine rings is 1. The fourth-order valence-electron chi connectivity index (χ4n) is 6.60. The van der Waals surface area contributed by atoms with Gasteiger partial charge in [0, 0.05) is 61.5 Å². The Bertz CT molecular complexity index is 1700. The van der Waals surface area contributed by atoms with Crippen molar-refractivity contribution in [1.82, 2.24) is 23.8 Å². The second-order valence-corrected chi connectivity index (χ2v) is 11.2. The lowest BCUT2D eigenvalue weighted by Crippen LogP contribution is -2.51. The fraction of sp³-hybridized carbons (Fsp3) is 0.367. The summed E-state index contributed by atoms with van der Waals surface area (Å²) in [5.74, 6) is -0.378. The molecule has 1 saturated heterocycles. The van der Waals surface area contributed by atoms with Gasteiger partial charge in [-0.1, -0.05) is 6.07 Å². The number of carbonyl (C=O) groups excluding carboxylic acids is 2. The van der Waals surface area contributed by atoms with Gasteiger partial charge in [-0.25, -0.2) is 18.6 Å². The zero-order valence-electron chi connectivity index (χ0n) is 21.8. The SMILES string of the molecule is CC1(F)CCCN(C(=O)N2CCn3cc(C4=C(c5cnc6ccccn56)CCC4=O)c4cc(F)cc(c43)C2)C1. The second kappa shape index (κ2) is 8.76. The van der Waals surface area contributed by atoms with E-state index in [1.54, 1.807) is 16.0 Å². The molecular weight excluding hydrogens is 500 g/mol. The summed E-state index contributed by atoms with van der Waals surface area (Å²) >= 11 is 0. The Labute approximate surface area is 224 Å². The quantitative estimate of drug-likeness (QED) is 0.346. The normalized spacial score (nSPS) is 21.9. The summed E-state index contributed by atoms with van der Waals surface area (Å²) in [6, 6.07) is 8.52. The minimum Gasteiger partial charge on any atom is -0.345 e. The molecule has 200 valence electrons. The highest BCUT2D eigenvalue weighted by atomic mass is 19.1. The largest absolute Gasteiger partial charge is 0.345 e. The lowest BCUT2D eigenvalue weighted by molar-refractivity contribution is -0.113. The van der Waals surface area contributed by atoms with Crippen molar-refractivity contribution >= 4 is 39.5 Å². The highest BCUT2D eigenvalue weighted by Gasteiger charge is 2.36. The van der Waals surface area contributed by atoms with E-state index in [9.17, 15) is 14.0 Å². The standard InChI is InChI=1S/C30H29F2N5O2/c1-30(32)8-4-9-36(18-30)29(39)35-12-11-34-17-23(22-14-20(31)13-19(16-35)28(22)34)27-21(6-7-25(27)38)24-15-33-26-5-2-3-10-37(24)26/h2-3,5,10,13-15,17H,4,6-9,11-12,16,18H2,1H3. The minimum atomic E-state index is -1.40. The van der Waals surface area contributed by atoms with Crippen molar-refractivity contribution in [3.8, 4) is 0 Å². The van der Waals surface area contributed by atoms with Crippen molar-refractivity contribution in [2.45, 2.75) is 51.4 Å². The van der Waals surface area contributed by atoms with E-state index in [1.165, 1.54) is 19.1 Å². The molecule has 0 bridgehead atoms. The summed E-state index contributed by atoms with van der Waals surface area (Å²) in [5.41, 5.74) is 4.04. The van der Waals surface area contributed by atoms with E-state index in [2.05, 4.69) is 4.98 Å². The van der Waals surface area contributed by atoms with Gasteiger partial charge in [0.1, 0.15) is 17.1 Å². The van der Waals surface area contributed by atoms with Crippen LogP contribution in [0.25, 0.3) is 27.7 Å². The van der Waals surface area contributed by atoms with E-state index in [-0.39, 0.29) is 24.9 Å². The highest BCUT2D eigenvalue weighted by molar-refractivity contribution is 6.33. The molecule has 4 aromatic rings. The van der Waals surface area contributed by atoms with Gasteiger partial charge in [0.25, 0.3) is 0 Å². The van der Waals surface area contributed by atoms with Crippen molar-refractivity contribution in [3.05, 3.63) is 71.6 Å². The lowest BCUT2D eigenvalue weighted by Gasteiger charge is -2.38. The molecule has 2 amide bonds. The first-order chi connectivity index (χ1) is 18.8. The molecule has 3 aromatic heterocycles. The smallest absolute Gasteiger partial charge is 0.320 e. The number of carbonyl (C=O) groups is 2. The van der Waals surface area contributed by atoms with Gasteiger partial charge in [-0.05, 0) is 61.6 Å². The first-order valence-corrected chi connectivity index (χ1v) is 13.5. The van der Waals surface area contributed by atoms with Crippen LogP contribution in [0, 0.1) is 5.82 Å². The van der Waals surface area contributed by atoms with Crippen LogP contribution in [-0.2, 0) is 17.9 Å². The number of benzene rings is 1. The molecule has 1 aromatic carbocycles. The average Bonchev–Trinajstić information content (AvgIpc) is 3.56. The molecule has 3 aliphatic rings. The molecule has 5 heterocycles. The number of halogens is 2. The maximum atomic E-state index is 15.1. The van der Waals surface area contributed by atoms with Crippen molar-refractivity contribution in [2.24, 2.45) is 0 Å². The molecule has 39 heavy (non-hydrogen) atoms. The van der Waals surface area contributed by atoms with E-state index in [1.807, 2.05) is 39.6 Å². The molecular formula is C30H29F2N5O2. The van der Waals surface area contributed by atoms with Gasteiger partial charge < -0.3 is 14.4 Å². The third-order valence-corrected chi connectivity index (χ3v) is 8.35. The number of urea groups is 1. The monoisotopic (exact) mass is 529 g/mol. The second-order valence-electron chi connectivity index (χ2n) is 11.2. The third-order valence-electron chi connectivity index (χ3n) is 8.35.